The highest BCUT2D eigenvalue weighted by Crippen LogP contribution is 2.26. The molecular formula is C17H27ClN2O2S. The topological polar surface area (TPSA) is 50.4 Å². The fraction of sp³-hybridized carbons (Fsp3) is 0.706. The van der Waals surface area contributed by atoms with E-state index in [2.05, 4.69) is 10.6 Å². The van der Waals surface area contributed by atoms with Crippen molar-refractivity contribution in [3.63, 3.8) is 0 Å². The minimum Gasteiger partial charge on any atom is -0.376 e. The molecule has 0 bridgehead atoms. The van der Waals surface area contributed by atoms with Crippen LogP contribution in [0.25, 0.3) is 0 Å². The molecule has 1 fully saturated rings. The van der Waals surface area contributed by atoms with Crippen LogP contribution in [-0.4, -0.2) is 31.6 Å². The number of ether oxygens (including phenoxy) is 1. The van der Waals surface area contributed by atoms with E-state index in [1.54, 1.807) is 11.3 Å². The lowest BCUT2D eigenvalue weighted by molar-refractivity contribution is 0.0957. The van der Waals surface area contributed by atoms with E-state index < -0.39 is 0 Å². The molecule has 23 heavy (non-hydrogen) atoms. The number of thiophene rings is 1. The second-order valence-corrected chi connectivity index (χ2v) is 7.40. The van der Waals surface area contributed by atoms with E-state index in [9.17, 15) is 4.79 Å². The molecule has 1 aromatic rings. The number of carbonyl (C=O) groups excluding carboxylic acids is 1. The maximum Gasteiger partial charge on any atom is 0.261 e. The van der Waals surface area contributed by atoms with Crippen molar-refractivity contribution in [2.75, 3.05) is 19.7 Å². The van der Waals surface area contributed by atoms with Gasteiger partial charge < -0.3 is 15.4 Å². The van der Waals surface area contributed by atoms with Crippen LogP contribution in [-0.2, 0) is 17.8 Å². The smallest absolute Gasteiger partial charge is 0.261 e. The van der Waals surface area contributed by atoms with Crippen LogP contribution in [0.15, 0.2) is 6.07 Å². The van der Waals surface area contributed by atoms with E-state index in [0.29, 0.717) is 19.2 Å². The Morgan fingerprint density at radius 1 is 1.22 bits per heavy atom. The summed E-state index contributed by atoms with van der Waals surface area (Å²) in [5.74, 6) is 0.0575. The molecule has 0 saturated heterocycles. The van der Waals surface area contributed by atoms with Crippen molar-refractivity contribution in [1.82, 2.24) is 10.6 Å². The summed E-state index contributed by atoms with van der Waals surface area (Å²) >= 11 is 1.62. The lowest BCUT2D eigenvalue weighted by Crippen LogP contribution is -2.36. The Hall–Kier alpha value is -0.620. The molecule has 0 radical (unpaired) electrons. The number of halogens is 1. The predicted octanol–water partition coefficient (Wildman–Crippen LogP) is 3.28. The summed E-state index contributed by atoms with van der Waals surface area (Å²) in [5, 5.41) is 6.62. The number of fused-ring (bicyclic) bond motifs is 1. The molecule has 2 heterocycles. The van der Waals surface area contributed by atoms with Gasteiger partial charge in [0.2, 0.25) is 0 Å². The molecule has 1 saturated carbocycles. The van der Waals surface area contributed by atoms with Crippen LogP contribution in [0.5, 0.6) is 0 Å². The number of carbonyl (C=O) groups is 1. The van der Waals surface area contributed by atoms with E-state index >= 15 is 0 Å². The van der Waals surface area contributed by atoms with E-state index in [1.807, 2.05) is 6.07 Å². The molecule has 6 heteroatoms. The Balaban J connectivity index is 0.00000192. The molecule has 1 aromatic heterocycles. The number of rotatable bonds is 5. The summed E-state index contributed by atoms with van der Waals surface area (Å²) in [7, 11) is 0. The number of hydrogen-bond acceptors (Lipinski definition) is 4. The average molecular weight is 359 g/mol. The summed E-state index contributed by atoms with van der Waals surface area (Å²) in [4.78, 5) is 14.3. The first-order valence-corrected chi connectivity index (χ1v) is 9.35. The Kier molecular flexibility index (Phi) is 7.83. The van der Waals surface area contributed by atoms with Gasteiger partial charge >= 0.3 is 0 Å². The van der Waals surface area contributed by atoms with Gasteiger partial charge in [0.05, 0.1) is 18.1 Å². The zero-order valence-corrected chi connectivity index (χ0v) is 15.2. The van der Waals surface area contributed by atoms with Gasteiger partial charge in [0.1, 0.15) is 0 Å². The van der Waals surface area contributed by atoms with Gasteiger partial charge in [-0.05, 0) is 24.5 Å². The Bertz CT molecular complexity index is 475. The van der Waals surface area contributed by atoms with Crippen LogP contribution < -0.4 is 10.6 Å². The van der Waals surface area contributed by atoms with E-state index in [-0.39, 0.29) is 18.3 Å². The molecule has 2 N–H and O–H groups in total. The molecule has 1 amide bonds. The van der Waals surface area contributed by atoms with Gasteiger partial charge in [-0.2, -0.15) is 0 Å². The van der Waals surface area contributed by atoms with Crippen molar-refractivity contribution in [2.45, 2.75) is 57.6 Å². The lowest BCUT2D eigenvalue weighted by Gasteiger charge is -2.16. The van der Waals surface area contributed by atoms with Crippen LogP contribution in [0.2, 0.25) is 0 Å². The van der Waals surface area contributed by atoms with Gasteiger partial charge in [-0.1, -0.05) is 25.7 Å². The van der Waals surface area contributed by atoms with Gasteiger partial charge in [-0.3, -0.25) is 4.79 Å². The van der Waals surface area contributed by atoms with Gasteiger partial charge in [0.25, 0.3) is 5.91 Å². The van der Waals surface area contributed by atoms with Crippen molar-refractivity contribution in [2.24, 2.45) is 0 Å². The second kappa shape index (κ2) is 9.62. The van der Waals surface area contributed by atoms with Gasteiger partial charge in [0, 0.05) is 30.4 Å². The molecule has 2 aliphatic rings. The molecule has 1 aliphatic carbocycles. The molecule has 0 spiro atoms. The molecule has 3 rings (SSSR count). The van der Waals surface area contributed by atoms with Crippen molar-refractivity contribution in [3.8, 4) is 0 Å². The average Bonchev–Trinajstić information content (AvgIpc) is 2.81. The van der Waals surface area contributed by atoms with Crippen LogP contribution in [0.1, 0.15) is 58.6 Å². The van der Waals surface area contributed by atoms with E-state index in [0.717, 1.165) is 24.4 Å². The molecule has 130 valence electrons. The molecule has 0 aromatic carbocycles. The standard InChI is InChI=1S/C17H26N2O2S.ClH/c20-17(16-11-13-12-21-10-7-15(13)22-16)19-9-8-18-14-5-3-1-2-4-6-14;/h11,14,18H,1-10,12H2,(H,19,20);1H. The van der Waals surface area contributed by atoms with Gasteiger partial charge in [-0.15, -0.1) is 23.7 Å². The van der Waals surface area contributed by atoms with Crippen molar-refractivity contribution >= 4 is 29.7 Å². The number of amides is 1. The normalized spacial score (nSPS) is 18.6. The first-order valence-electron chi connectivity index (χ1n) is 8.54. The monoisotopic (exact) mass is 358 g/mol. The van der Waals surface area contributed by atoms with Gasteiger partial charge in [0.15, 0.2) is 0 Å². The minimum atomic E-state index is 0. The number of hydrogen-bond donors (Lipinski definition) is 2. The molecule has 1 aliphatic heterocycles. The first kappa shape index (κ1) is 18.7. The Morgan fingerprint density at radius 3 is 2.74 bits per heavy atom. The SMILES string of the molecule is Cl.O=C(NCCNC1CCCCCC1)c1cc2c(s1)CCOC2. The van der Waals surface area contributed by atoms with Gasteiger partial charge in [-0.25, -0.2) is 0 Å². The van der Waals surface area contributed by atoms with E-state index in [1.165, 1.54) is 49.0 Å². The van der Waals surface area contributed by atoms with Crippen LogP contribution in [0, 0.1) is 0 Å². The number of nitrogens with one attached hydrogen (secondary N) is 2. The third-order valence-corrected chi connectivity index (χ3v) is 5.79. The second-order valence-electron chi connectivity index (χ2n) is 6.26. The lowest BCUT2D eigenvalue weighted by atomic mass is 10.1. The van der Waals surface area contributed by atoms with Crippen molar-refractivity contribution < 1.29 is 9.53 Å². The van der Waals surface area contributed by atoms with Crippen LogP contribution >= 0.6 is 23.7 Å². The highest BCUT2D eigenvalue weighted by atomic mass is 35.5. The largest absolute Gasteiger partial charge is 0.376 e. The summed E-state index contributed by atoms with van der Waals surface area (Å²) in [6.45, 7) is 3.00. The Morgan fingerprint density at radius 2 is 2.00 bits per heavy atom. The Labute approximate surface area is 148 Å². The quantitative estimate of drug-likeness (QED) is 0.627. The summed E-state index contributed by atoms with van der Waals surface area (Å²) in [6, 6.07) is 2.64. The molecule has 0 unspecified atom stereocenters. The predicted molar refractivity (Wildman–Crippen MR) is 96.8 cm³/mol. The third kappa shape index (κ3) is 5.45. The molecule has 4 nitrogen and oxygen atoms in total. The highest BCUT2D eigenvalue weighted by Gasteiger charge is 2.17. The third-order valence-electron chi connectivity index (χ3n) is 4.55. The maximum absolute atomic E-state index is 12.2. The summed E-state index contributed by atoms with van der Waals surface area (Å²) < 4.78 is 5.43. The fourth-order valence-electron chi connectivity index (χ4n) is 3.28. The molecular weight excluding hydrogens is 332 g/mol. The fourth-order valence-corrected chi connectivity index (χ4v) is 4.35. The zero-order valence-electron chi connectivity index (χ0n) is 13.6. The maximum atomic E-state index is 12.2. The first-order chi connectivity index (χ1) is 10.8. The van der Waals surface area contributed by atoms with Crippen LogP contribution in [0.3, 0.4) is 0 Å². The van der Waals surface area contributed by atoms with E-state index in [4.69, 9.17) is 4.74 Å². The summed E-state index contributed by atoms with van der Waals surface area (Å²) in [5.41, 5.74) is 1.19. The van der Waals surface area contributed by atoms with Crippen molar-refractivity contribution in [1.29, 1.82) is 0 Å². The zero-order chi connectivity index (χ0) is 15.2. The summed E-state index contributed by atoms with van der Waals surface area (Å²) in [6.07, 6.45) is 8.94. The molecule has 0 atom stereocenters. The highest BCUT2D eigenvalue weighted by molar-refractivity contribution is 7.14. The van der Waals surface area contributed by atoms with Crippen LogP contribution in [0.4, 0.5) is 0 Å². The minimum absolute atomic E-state index is 0. The van der Waals surface area contributed by atoms with Crippen molar-refractivity contribution in [3.05, 3.63) is 21.4 Å².